The topological polar surface area (TPSA) is 105 Å². The second kappa shape index (κ2) is 12.9. The fourth-order valence-electron chi connectivity index (χ4n) is 4.65. The van der Waals surface area contributed by atoms with Gasteiger partial charge >= 0.3 is 12.1 Å². The number of aromatic nitrogens is 1. The monoisotopic (exact) mass is 603 g/mol. The Morgan fingerprint density at radius 3 is 2.30 bits per heavy atom. The van der Waals surface area contributed by atoms with Gasteiger partial charge in [-0.25, -0.2) is 4.79 Å². The number of nitrogens with zero attached hydrogens (tertiary/aromatic N) is 2. The Hall–Kier alpha value is -5.32. The number of carboxylic acids is 1. The van der Waals surface area contributed by atoms with Gasteiger partial charge in [-0.05, 0) is 48.0 Å². The third kappa shape index (κ3) is 7.00. The average Bonchev–Trinajstić information content (AvgIpc) is 3.46. The van der Waals surface area contributed by atoms with Crippen molar-refractivity contribution in [1.82, 2.24) is 4.98 Å². The van der Waals surface area contributed by atoms with E-state index in [1.165, 1.54) is 30.3 Å². The van der Waals surface area contributed by atoms with Gasteiger partial charge in [0.25, 0.3) is 6.01 Å². The molecular formula is C33H28F3N3O5. The predicted octanol–water partition coefficient (Wildman–Crippen LogP) is 6.70. The second-order valence-electron chi connectivity index (χ2n) is 10.0. The highest BCUT2D eigenvalue weighted by molar-refractivity contribution is 6.13. The first-order chi connectivity index (χ1) is 21.1. The van der Waals surface area contributed by atoms with Crippen LogP contribution in [0.25, 0.3) is 11.1 Å². The molecule has 44 heavy (non-hydrogen) atoms. The lowest BCUT2D eigenvalue weighted by Crippen LogP contribution is -2.32. The number of aliphatic carboxylic acids is 1. The minimum atomic E-state index is -4.73. The van der Waals surface area contributed by atoms with Gasteiger partial charge in [0.05, 0.1) is 12.1 Å². The quantitative estimate of drug-likeness (QED) is 0.152. The number of benzene rings is 4. The van der Waals surface area contributed by atoms with E-state index in [9.17, 15) is 27.9 Å². The summed E-state index contributed by atoms with van der Waals surface area (Å²) in [4.78, 5) is 31.7. The fourth-order valence-corrected chi connectivity index (χ4v) is 4.65. The van der Waals surface area contributed by atoms with Crippen LogP contribution in [0.5, 0.6) is 5.75 Å². The maximum atomic E-state index is 13.6. The van der Waals surface area contributed by atoms with Crippen LogP contribution in [0.15, 0.2) is 101 Å². The number of alkyl halides is 3. The number of hydrogen-bond donors (Lipinski definition) is 2. The lowest BCUT2D eigenvalue weighted by atomic mass is 9.96. The molecule has 5 rings (SSSR count). The largest absolute Gasteiger partial charge is 0.492 e. The summed E-state index contributed by atoms with van der Waals surface area (Å²) in [5.41, 5.74) is 0.606. The molecule has 1 atom stereocenters. The molecule has 0 fully saturated rings. The highest BCUT2D eigenvalue weighted by Crippen LogP contribution is 2.34. The zero-order chi connectivity index (χ0) is 31.3. The van der Waals surface area contributed by atoms with E-state index in [2.05, 4.69) is 10.3 Å². The zero-order valence-electron chi connectivity index (χ0n) is 23.5. The number of oxazole rings is 1. The zero-order valence-corrected chi connectivity index (χ0v) is 23.5. The van der Waals surface area contributed by atoms with Crippen molar-refractivity contribution in [2.24, 2.45) is 0 Å². The van der Waals surface area contributed by atoms with Gasteiger partial charge in [0.15, 0.2) is 11.4 Å². The Balaban J connectivity index is 1.22. The molecular weight excluding hydrogens is 575 g/mol. The van der Waals surface area contributed by atoms with Crippen molar-refractivity contribution in [2.45, 2.75) is 18.6 Å². The number of halogens is 3. The molecule has 11 heteroatoms. The van der Waals surface area contributed by atoms with Crippen molar-refractivity contribution in [3.8, 4) is 5.75 Å². The van der Waals surface area contributed by atoms with Gasteiger partial charge in [0.1, 0.15) is 23.9 Å². The van der Waals surface area contributed by atoms with E-state index in [-0.39, 0.29) is 17.7 Å². The molecule has 0 aliphatic rings. The van der Waals surface area contributed by atoms with Gasteiger partial charge in [-0.15, -0.1) is 0 Å². The summed E-state index contributed by atoms with van der Waals surface area (Å²) in [7, 11) is 1.84. The first-order valence-corrected chi connectivity index (χ1v) is 13.7. The first-order valence-electron chi connectivity index (χ1n) is 13.7. The summed E-state index contributed by atoms with van der Waals surface area (Å²) < 4.78 is 52.3. The predicted molar refractivity (Wildman–Crippen MR) is 159 cm³/mol. The molecule has 0 aliphatic heterocycles. The smallest absolute Gasteiger partial charge is 0.417 e. The van der Waals surface area contributed by atoms with Crippen LogP contribution in [0, 0.1) is 0 Å². The number of fused-ring (bicyclic) bond motifs is 1. The average molecular weight is 604 g/mol. The van der Waals surface area contributed by atoms with E-state index in [1.807, 2.05) is 36.2 Å². The van der Waals surface area contributed by atoms with Crippen LogP contribution >= 0.6 is 0 Å². The number of likely N-dealkylation sites (N-methyl/N-ethyl adjacent to an activating group) is 1. The molecule has 5 aromatic rings. The number of para-hydroxylation sites is 3. The Morgan fingerprint density at radius 2 is 1.59 bits per heavy atom. The Bertz CT molecular complexity index is 1740. The number of anilines is 2. The van der Waals surface area contributed by atoms with Crippen LogP contribution in [-0.2, 0) is 17.4 Å². The van der Waals surface area contributed by atoms with E-state index in [4.69, 9.17) is 9.15 Å². The number of ketones is 1. The van der Waals surface area contributed by atoms with Crippen LogP contribution in [0.2, 0.25) is 0 Å². The number of hydrogen-bond acceptors (Lipinski definition) is 7. The number of carbonyl (C=O) groups excluding carboxylic acids is 1. The van der Waals surface area contributed by atoms with Crippen molar-refractivity contribution < 1.29 is 37.0 Å². The van der Waals surface area contributed by atoms with E-state index >= 15 is 0 Å². The molecule has 2 N–H and O–H groups in total. The molecule has 0 radical (unpaired) electrons. The van der Waals surface area contributed by atoms with Crippen LogP contribution in [-0.4, -0.2) is 48.1 Å². The van der Waals surface area contributed by atoms with Crippen molar-refractivity contribution in [3.63, 3.8) is 0 Å². The fraction of sp³-hybridized carbons (Fsp3) is 0.182. The van der Waals surface area contributed by atoms with Crippen LogP contribution in [0.1, 0.15) is 27.0 Å². The van der Waals surface area contributed by atoms with Gasteiger partial charge in [0.2, 0.25) is 0 Å². The summed E-state index contributed by atoms with van der Waals surface area (Å²) in [6.45, 7) is 0.849. The molecule has 8 nitrogen and oxygen atoms in total. The highest BCUT2D eigenvalue weighted by Gasteiger charge is 2.35. The van der Waals surface area contributed by atoms with Gasteiger partial charge < -0.3 is 24.5 Å². The SMILES string of the molecule is CN(CCOc1ccc(CC(Nc2ccccc2C(=O)c2ccccc2C(F)(F)F)C(=O)O)cc1)c1nc2ccccc2o1. The van der Waals surface area contributed by atoms with Crippen LogP contribution < -0.4 is 15.0 Å². The Labute approximate surface area is 250 Å². The Kier molecular flexibility index (Phi) is 8.84. The van der Waals surface area contributed by atoms with Crippen molar-refractivity contribution >= 4 is 34.6 Å². The summed E-state index contributed by atoms with van der Waals surface area (Å²) in [6.07, 6.45) is -4.69. The minimum Gasteiger partial charge on any atom is -0.492 e. The van der Waals surface area contributed by atoms with E-state index in [1.54, 1.807) is 30.3 Å². The molecule has 1 heterocycles. The third-order valence-corrected chi connectivity index (χ3v) is 6.94. The molecule has 226 valence electrons. The van der Waals surface area contributed by atoms with Crippen molar-refractivity contribution in [2.75, 3.05) is 30.4 Å². The molecule has 0 spiro atoms. The molecule has 4 aromatic carbocycles. The van der Waals surface area contributed by atoms with Crippen molar-refractivity contribution in [3.05, 3.63) is 119 Å². The lowest BCUT2D eigenvalue weighted by Gasteiger charge is -2.19. The standard InChI is InChI=1S/C33H28F3N3O5/c1-39(32-38-27-12-6-7-13-29(27)44-32)18-19-43-22-16-14-21(15-17-22)20-28(31(41)42)37-26-11-5-3-9-24(26)30(40)23-8-2-4-10-25(23)33(34,35)36/h2-17,28,37H,18-20H2,1H3,(H,41,42). The van der Waals surface area contributed by atoms with Gasteiger partial charge in [-0.3, -0.25) is 4.79 Å². The molecule has 1 unspecified atom stereocenters. The summed E-state index contributed by atoms with van der Waals surface area (Å²) in [5.74, 6) is -1.47. The van der Waals surface area contributed by atoms with Gasteiger partial charge in [0, 0.05) is 30.3 Å². The third-order valence-electron chi connectivity index (χ3n) is 6.94. The molecule has 0 saturated heterocycles. The van der Waals surface area contributed by atoms with Gasteiger partial charge in [-0.1, -0.05) is 54.6 Å². The number of ether oxygens (including phenoxy) is 1. The van der Waals surface area contributed by atoms with Crippen LogP contribution in [0.3, 0.4) is 0 Å². The molecule has 0 aliphatic carbocycles. The number of nitrogens with one attached hydrogen (secondary N) is 1. The highest BCUT2D eigenvalue weighted by atomic mass is 19.4. The number of carboxylic acid groups (broad SMARTS) is 1. The minimum absolute atomic E-state index is 0.0394. The molecule has 1 aromatic heterocycles. The normalized spacial score (nSPS) is 12.1. The maximum Gasteiger partial charge on any atom is 0.417 e. The summed E-state index contributed by atoms with van der Waals surface area (Å²) in [6, 6.07) is 24.1. The molecule has 0 amide bonds. The van der Waals surface area contributed by atoms with E-state index in [0.29, 0.717) is 36.1 Å². The first kappa shape index (κ1) is 30.1. The summed E-state index contributed by atoms with van der Waals surface area (Å²) >= 11 is 0. The molecule has 0 bridgehead atoms. The number of rotatable bonds is 12. The van der Waals surface area contributed by atoms with E-state index < -0.39 is 35.1 Å². The lowest BCUT2D eigenvalue weighted by molar-refractivity contribution is -0.138. The summed E-state index contributed by atoms with van der Waals surface area (Å²) in [5, 5.41) is 12.8. The van der Waals surface area contributed by atoms with Crippen molar-refractivity contribution in [1.29, 1.82) is 0 Å². The Morgan fingerprint density at radius 1 is 0.932 bits per heavy atom. The second-order valence-corrected chi connectivity index (χ2v) is 10.0. The van der Waals surface area contributed by atoms with E-state index in [0.717, 1.165) is 17.6 Å². The molecule has 0 saturated carbocycles. The maximum absolute atomic E-state index is 13.6. The van der Waals surface area contributed by atoms with Crippen LogP contribution in [0.4, 0.5) is 24.9 Å². The van der Waals surface area contributed by atoms with Gasteiger partial charge in [-0.2, -0.15) is 18.2 Å². The number of carbonyl (C=O) groups is 2.